The van der Waals surface area contributed by atoms with Gasteiger partial charge in [-0.3, -0.25) is 0 Å². The number of rotatable bonds is 5. The third-order valence-electron chi connectivity index (χ3n) is 3.06. The highest BCUT2D eigenvalue weighted by Crippen LogP contribution is 2.25. The molecule has 2 aromatic rings. The second-order valence-electron chi connectivity index (χ2n) is 4.76. The Bertz CT molecular complexity index is 638. The summed E-state index contributed by atoms with van der Waals surface area (Å²) in [6.07, 6.45) is 0. The standard InChI is InChI=1S/C16H16FNO3/c1-10(18)14-7-6-13(17)8-15(14)21-9-11-2-4-12(5-3-11)16(19)20/h2-8,10H,9,18H2,1H3,(H,19,20)/t10-/m0/s1. The van der Waals surface area contributed by atoms with Crippen molar-refractivity contribution in [3.63, 3.8) is 0 Å². The Kier molecular flexibility index (Phi) is 4.55. The number of carboxylic acids is 1. The lowest BCUT2D eigenvalue weighted by molar-refractivity contribution is 0.0697. The molecule has 0 radical (unpaired) electrons. The highest BCUT2D eigenvalue weighted by Gasteiger charge is 2.10. The molecule has 0 fully saturated rings. The van der Waals surface area contributed by atoms with Crippen LogP contribution in [0.15, 0.2) is 42.5 Å². The third kappa shape index (κ3) is 3.79. The van der Waals surface area contributed by atoms with Crippen molar-refractivity contribution in [2.75, 3.05) is 0 Å². The topological polar surface area (TPSA) is 72.5 Å². The molecule has 0 aliphatic rings. The van der Waals surface area contributed by atoms with Gasteiger partial charge in [-0.25, -0.2) is 9.18 Å². The number of nitrogens with two attached hydrogens (primary N) is 1. The SMILES string of the molecule is C[C@H](N)c1ccc(F)cc1OCc1ccc(C(=O)O)cc1. The number of carbonyl (C=O) groups is 1. The Labute approximate surface area is 122 Å². The molecule has 0 spiro atoms. The number of ether oxygens (including phenoxy) is 1. The van der Waals surface area contributed by atoms with Gasteiger partial charge in [0.05, 0.1) is 5.56 Å². The van der Waals surface area contributed by atoms with Crippen molar-refractivity contribution < 1.29 is 19.0 Å². The van der Waals surface area contributed by atoms with Gasteiger partial charge in [0.1, 0.15) is 18.2 Å². The summed E-state index contributed by atoms with van der Waals surface area (Å²) in [5.74, 6) is -0.977. The molecule has 2 rings (SSSR count). The van der Waals surface area contributed by atoms with Crippen LogP contribution in [-0.2, 0) is 6.61 Å². The van der Waals surface area contributed by atoms with Crippen molar-refractivity contribution in [2.45, 2.75) is 19.6 Å². The lowest BCUT2D eigenvalue weighted by atomic mass is 10.1. The average Bonchev–Trinajstić information content (AvgIpc) is 2.45. The van der Waals surface area contributed by atoms with Crippen molar-refractivity contribution in [3.8, 4) is 5.75 Å². The zero-order chi connectivity index (χ0) is 15.4. The highest BCUT2D eigenvalue weighted by molar-refractivity contribution is 5.87. The Morgan fingerprint density at radius 2 is 1.95 bits per heavy atom. The zero-order valence-electron chi connectivity index (χ0n) is 11.5. The summed E-state index contributed by atoms with van der Waals surface area (Å²) in [6, 6.07) is 10.3. The summed E-state index contributed by atoms with van der Waals surface area (Å²) in [7, 11) is 0. The molecule has 2 aromatic carbocycles. The van der Waals surface area contributed by atoms with E-state index in [4.69, 9.17) is 15.6 Å². The van der Waals surface area contributed by atoms with Crippen LogP contribution in [-0.4, -0.2) is 11.1 Å². The Morgan fingerprint density at radius 3 is 2.52 bits per heavy atom. The molecule has 4 nitrogen and oxygen atoms in total. The van der Waals surface area contributed by atoms with Crippen LogP contribution >= 0.6 is 0 Å². The van der Waals surface area contributed by atoms with Gasteiger partial charge in [0.15, 0.2) is 0 Å². The van der Waals surface area contributed by atoms with Crippen LogP contribution in [0.5, 0.6) is 5.75 Å². The fourth-order valence-electron chi connectivity index (χ4n) is 1.91. The number of carboxylic acid groups (broad SMARTS) is 1. The van der Waals surface area contributed by atoms with E-state index in [1.165, 1.54) is 24.3 Å². The summed E-state index contributed by atoms with van der Waals surface area (Å²) < 4.78 is 18.9. The first-order valence-corrected chi connectivity index (χ1v) is 6.47. The maximum absolute atomic E-state index is 13.3. The zero-order valence-corrected chi connectivity index (χ0v) is 11.5. The van der Waals surface area contributed by atoms with E-state index in [0.717, 1.165) is 11.1 Å². The molecule has 0 saturated heterocycles. The molecule has 0 heterocycles. The van der Waals surface area contributed by atoms with Crippen LogP contribution in [0.3, 0.4) is 0 Å². The normalized spacial score (nSPS) is 12.0. The molecule has 21 heavy (non-hydrogen) atoms. The molecule has 0 unspecified atom stereocenters. The van der Waals surface area contributed by atoms with E-state index >= 15 is 0 Å². The van der Waals surface area contributed by atoms with Gasteiger partial charge in [0, 0.05) is 17.7 Å². The van der Waals surface area contributed by atoms with Crippen LogP contribution in [0.25, 0.3) is 0 Å². The minimum Gasteiger partial charge on any atom is -0.488 e. The van der Waals surface area contributed by atoms with Crippen molar-refractivity contribution in [1.82, 2.24) is 0 Å². The molecular weight excluding hydrogens is 273 g/mol. The summed E-state index contributed by atoms with van der Waals surface area (Å²) in [5.41, 5.74) is 7.54. The van der Waals surface area contributed by atoms with Crippen molar-refractivity contribution in [1.29, 1.82) is 0 Å². The molecule has 3 N–H and O–H groups in total. The molecular formula is C16H16FNO3. The molecule has 0 aliphatic heterocycles. The first kappa shape index (κ1) is 15.0. The lowest BCUT2D eigenvalue weighted by Gasteiger charge is -2.14. The van der Waals surface area contributed by atoms with Crippen LogP contribution < -0.4 is 10.5 Å². The third-order valence-corrected chi connectivity index (χ3v) is 3.06. The first-order valence-electron chi connectivity index (χ1n) is 6.47. The fraction of sp³-hybridized carbons (Fsp3) is 0.188. The van der Waals surface area contributed by atoms with Gasteiger partial charge in [0.25, 0.3) is 0 Å². The van der Waals surface area contributed by atoms with Crippen molar-refractivity contribution in [2.24, 2.45) is 5.73 Å². The monoisotopic (exact) mass is 289 g/mol. The van der Waals surface area contributed by atoms with E-state index in [2.05, 4.69) is 0 Å². The molecule has 0 amide bonds. The Hall–Kier alpha value is -2.40. The van der Waals surface area contributed by atoms with E-state index in [0.29, 0.717) is 5.75 Å². The van der Waals surface area contributed by atoms with E-state index < -0.39 is 11.8 Å². The van der Waals surface area contributed by atoms with Gasteiger partial charge in [-0.15, -0.1) is 0 Å². The summed E-state index contributed by atoms with van der Waals surface area (Å²) >= 11 is 0. The quantitative estimate of drug-likeness (QED) is 0.887. The van der Waals surface area contributed by atoms with Gasteiger partial charge in [-0.1, -0.05) is 18.2 Å². The van der Waals surface area contributed by atoms with Gasteiger partial charge >= 0.3 is 5.97 Å². The maximum atomic E-state index is 13.3. The number of hydrogen-bond donors (Lipinski definition) is 2. The van der Waals surface area contributed by atoms with Gasteiger partial charge in [0.2, 0.25) is 0 Å². The van der Waals surface area contributed by atoms with E-state index in [-0.39, 0.29) is 18.2 Å². The largest absolute Gasteiger partial charge is 0.488 e. The van der Waals surface area contributed by atoms with Gasteiger partial charge in [-0.05, 0) is 30.7 Å². The number of benzene rings is 2. The molecule has 0 saturated carbocycles. The molecule has 0 bridgehead atoms. The smallest absolute Gasteiger partial charge is 0.335 e. The summed E-state index contributed by atoms with van der Waals surface area (Å²) in [4.78, 5) is 10.8. The van der Waals surface area contributed by atoms with E-state index in [1.54, 1.807) is 25.1 Å². The Morgan fingerprint density at radius 1 is 1.29 bits per heavy atom. The summed E-state index contributed by atoms with van der Waals surface area (Å²) in [5, 5.41) is 8.82. The molecule has 110 valence electrons. The second kappa shape index (κ2) is 6.37. The fourth-order valence-corrected chi connectivity index (χ4v) is 1.91. The minimum atomic E-state index is -0.980. The average molecular weight is 289 g/mol. The van der Waals surface area contributed by atoms with Gasteiger partial charge < -0.3 is 15.6 Å². The van der Waals surface area contributed by atoms with Crippen LogP contribution in [0.1, 0.15) is 34.5 Å². The molecule has 5 heteroatoms. The molecule has 0 aliphatic carbocycles. The maximum Gasteiger partial charge on any atom is 0.335 e. The minimum absolute atomic E-state index is 0.209. The molecule has 1 atom stereocenters. The lowest BCUT2D eigenvalue weighted by Crippen LogP contribution is -2.08. The highest BCUT2D eigenvalue weighted by atomic mass is 19.1. The predicted molar refractivity (Wildman–Crippen MR) is 76.7 cm³/mol. The predicted octanol–water partition coefficient (Wildman–Crippen LogP) is 3.12. The number of aromatic carboxylic acids is 1. The van der Waals surface area contributed by atoms with Gasteiger partial charge in [-0.2, -0.15) is 0 Å². The second-order valence-corrected chi connectivity index (χ2v) is 4.76. The Balaban J connectivity index is 2.12. The summed E-state index contributed by atoms with van der Waals surface area (Å²) in [6.45, 7) is 2.00. The van der Waals surface area contributed by atoms with Crippen LogP contribution in [0.4, 0.5) is 4.39 Å². The number of halogens is 1. The van der Waals surface area contributed by atoms with Crippen LogP contribution in [0, 0.1) is 5.82 Å². The molecule has 0 aromatic heterocycles. The van der Waals surface area contributed by atoms with Crippen molar-refractivity contribution in [3.05, 3.63) is 65.0 Å². The van der Waals surface area contributed by atoms with Crippen molar-refractivity contribution >= 4 is 5.97 Å². The van der Waals surface area contributed by atoms with E-state index in [1.807, 2.05) is 0 Å². The number of hydrogen-bond acceptors (Lipinski definition) is 3. The van der Waals surface area contributed by atoms with E-state index in [9.17, 15) is 9.18 Å². The first-order chi connectivity index (χ1) is 9.97. The van der Waals surface area contributed by atoms with Crippen LogP contribution in [0.2, 0.25) is 0 Å².